The minimum absolute atomic E-state index is 0.0447. The molecular formula is C19H21N3O4. The molecule has 2 aromatic rings. The van der Waals surface area contributed by atoms with Crippen LogP contribution in [0.5, 0.6) is 11.5 Å². The number of benzene rings is 2. The fraction of sp³-hybridized carbons (Fsp3) is 0.211. The van der Waals surface area contributed by atoms with Crippen LogP contribution in [-0.4, -0.2) is 29.7 Å². The van der Waals surface area contributed by atoms with Gasteiger partial charge in [-0.25, -0.2) is 5.43 Å². The van der Waals surface area contributed by atoms with E-state index in [9.17, 15) is 14.7 Å². The molecule has 0 unspecified atom stereocenters. The average Bonchev–Trinajstić information content (AvgIpc) is 2.65. The fourth-order valence-corrected chi connectivity index (χ4v) is 2.07. The summed E-state index contributed by atoms with van der Waals surface area (Å²) in [7, 11) is 0. The first-order valence-corrected chi connectivity index (χ1v) is 8.22. The highest BCUT2D eigenvalue weighted by molar-refractivity contribution is 5.96. The molecule has 0 aliphatic rings. The Bertz CT molecular complexity index is 801. The average molecular weight is 355 g/mol. The molecule has 0 atom stereocenters. The van der Waals surface area contributed by atoms with E-state index in [1.807, 2.05) is 6.92 Å². The van der Waals surface area contributed by atoms with Gasteiger partial charge < -0.3 is 15.2 Å². The van der Waals surface area contributed by atoms with E-state index in [4.69, 9.17) is 4.74 Å². The molecule has 2 amide bonds. The molecule has 26 heavy (non-hydrogen) atoms. The molecule has 2 rings (SSSR count). The second-order valence-corrected chi connectivity index (χ2v) is 5.34. The van der Waals surface area contributed by atoms with E-state index >= 15 is 0 Å². The zero-order valence-electron chi connectivity index (χ0n) is 14.7. The Morgan fingerprint density at radius 2 is 1.88 bits per heavy atom. The van der Waals surface area contributed by atoms with Crippen molar-refractivity contribution in [2.45, 2.75) is 20.3 Å². The zero-order valence-corrected chi connectivity index (χ0v) is 14.7. The van der Waals surface area contributed by atoms with E-state index in [1.54, 1.807) is 43.3 Å². The predicted octanol–water partition coefficient (Wildman–Crippen LogP) is 2.90. The highest BCUT2D eigenvalue weighted by Crippen LogP contribution is 2.26. The largest absolute Gasteiger partial charge is 0.504 e. The summed E-state index contributed by atoms with van der Waals surface area (Å²) < 4.78 is 5.29. The number of carbonyl (C=O) groups excluding carboxylic acids is 2. The van der Waals surface area contributed by atoms with Gasteiger partial charge in [0.15, 0.2) is 11.5 Å². The lowest BCUT2D eigenvalue weighted by molar-refractivity contribution is -0.115. The van der Waals surface area contributed by atoms with E-state index < -0.39 is 0 Å². The van der Waals surface area contributed by atoms with Gasteiger partial charge in [0.25, 0.3) is 5.91 Å². The molecule has 0 aliphatic carbocycles. The van der Waals surface area contributed by atoms with Crippen LogP contribution in [0.1, 0.15) is 36.2 Å². The van der Waals surface area contributed by atoms with Crippen molar-refractivity contribution in [3.8, 4) is 11.5 Å². The fourth-order valence-electron chi connectivity index (χ4n) is 2.07. The summed E-state index contributed by atoms with van der Waals surface area (Å²) >= 11 is 0. The van der Waals surface area contributed by atoms with Gasteiger partial charge in [0.1, 0.15) is 0 Å². The second-order valence-electron chi connectivity index (χ2n) is 5.34. The van der Waals surface area contributed by atoms with Crippen molar-refractivity contribution >= 4 is 23.7 Å². The van der Waals surface area contributed by atoms with E-state index in [0.717, 1.165) is 0 Å². The number of phenols is 1. The van der Waals surface area contributed by atoms with Crippen LogP contribution < -0.4 is 15.5 Å². The van der Waals surface area contributed by atoms with Crippen LogP contribution in [0.25, 0.3) is 0 Å². The molecule has 0 fully saturated rings. The first-order chi connectivity index (χ1) is 12.5. The minimum Gasteiger partial charge on any atom is -0.504 e. The van der Waals surface area contributed by atoms with Crippen LogP contribution in [0.4, 0.5) is 5.69 Å². The molecule has 0 aromatic heterocycles. The molecule has 0 spiro atoms. The Balaban J connectivity index is 1.96. The van der Waals surface area contributed by atoms with E-state index in [-0.39, 0.29) is 17.6 Å². The lowest BCUT2D eigenvalue weighted by Gasteiger charge is -2.06. The van der Waals surface area contributed by atoms with Gasteiger partial charge in [-0.2, -0.15) is 5.10 Å². The van der Waals surface area contributed by atoms with E-state index in [2.05, 4.69) is 15.8 Å². The van der Waals surface area contributed by atoms with Crippen molar-refractivity contribution in [2.24, 2.45) is 5.10 Å². The highest BCUT2D eigenvalue weighted by atomic mass is 16.5. The quantitative estimate of drug-likeness (QED) is 0.525. The van der Waals surface area contributed by atoms with Crippen LogP contribution in [0.2, 0.25) is 0 Å². The summed E-state index contributed by atoms with van der Waals surface area (Å²) in [6.07, 6.45) is 1.84. The smallest absolute Gasteiger partial charge is 0.271 e. The Labute approximate surface area is 151 Å². The molecule has 7 nitrogen and oxygen atoms in total. The molecule has 3 N–H and O–H groups in total. The summed E-state index contributed by atoms with van der Waals surface area (Å²) in [4.78, 5) is 23.4. The topological polar surface area (TPSA) is 100 Å². The summed E-state index contributed by atoms with van der Waals surface area (Å²) in [6.45, 7) is 4.01. The first kappa shape index (κ1) is 19.0. The van der Waals surface area contributed by atoms with Crippen molar-refractivity contribution in [3.63, 3.8) is 0 Å². The molecule has 0 saturated heterocycles. The molecular weight excluding hydrogens is 334 g/mol. The Morgan fingerprint density at radius 3 is 2.54 bits per heavy atom. The predicted molar refractivity (Wildman–Crippen MR) is 99.7 cm³/mol. The number of carbonyl (C=O) groups is 2. The van der Waals surface area contributed by atoms with Crippen LogP contribution in [-0.2, 0) is 4.79 Å². The van der Waals surface area contributed by atoms with Crippen molar-refractivity contribution in [2.75, 3.05) is 11.9 Å². The summed E-state index contributed by atoms with van der Waals surface area (Å²) in [6, 6.07) is 11.3. The third-order valence-electron chi connectivity index (χ3n) is 3.42. The van der Waals surface area contributed by atoms with Gasteiger partial charge >= 0.3 is 0 Å². The van der Waals surface area contributed by atoms with E-state index in [1.165, 1.54) is 12.3 Å². The van der Waals surface area contributed by atoms with Crippen molar-refractivity contribution in [3.05, 3.63) is 53.6 Å². The molecule has 0 heterocycles. The Kier molecular flexibility index (Phi) is 6.73. The molecule has 7 heteroatoms. The molecule has 136 valence electrons. The number of aromatic hydroxyl groups is 1. The molecule has 0 saturated carbocycles. The lowest BCUT2D eigenvalue weighted by Crippen LogP contribution is -2.17. The number of nitrogens with zero attached hydrogens (tertiary/aromatic N) is 1. The monoisotopic (exact) mass is 355 g/mol. The van der Waals surface area contributed by atoms with Crippen LogP contribution in [0.3, 0.4) is 0 Å². The van der Waals surface area contributed by atoms with Gasteiger partial charge in [0.2, 0.25) is 5.91 Å². The normalized spacial score (nSPS) is 10.5. The van der Waals surface area contributed by atoms with Gasteiger partial charge in [0, 0.05) is 17.7 Å². The highest BCUT2D eigenvalue weighted by Gasteiger charge is 2.06. The summed E-state index contributed by atoms with van der Waals surface area (Å²) in [5, 5.41) is 16.3. The molecule has 0 aliphatic heterocycles. The number of nitrogens with one attached hydrogen (secondary N) is 2. The van der Waals surface area contributed by atoms with Crippen LogP contribution in [0.15, 0.2) is 47.6 Å². The van der Waals surface area contributed by atoms with Gasteiger partial charge in [-0.05, 0) is 55.0 Å². The summed E-state index contributed by atoms with van der Waals surface area (Å²) in [5.41, 5.74) is 4.14. The minimum atomic E-state index is -0.376. The van der Waals surface area contributed by atoms with Gasteiger partial charge in [0.05, 0.1) is 12.8 Å². The standard InChI is InChI=1S/C19H21N3O4/c1-3-18(24)21-15-8-6-14(7-9-15)19(25)22-20-12-13-5-10-16(23)17(11-13)26-4-2/h5-12,23H,3-4H2,1-2H3,(H,21,24)(H,22,25)/b20-12-. The number of hydrazone groups is 1. The second kappa shape index (κ2) is 9.22. The van der Waals surface area contributed by atoms with Crippen molar-refractivity contribution < 1.29 is 19.4 Å². The molecule has 0 radical (unpaired) electrons. The maximum atomic E-state index is 12.1. The first-order valence-electron chi connectivity index (χ1n) is 8.22. The number of anilines is 1. The SMILES string of the molecule is CCOc1cc(/C=N\NC(=O)c2ccc(NC(=O)CC)cc2)ccc1O. The number of ether oxygens (including phenoxy) is 1. The third kappa shape index (κ3) is 5.34. The van der Waals surface area contributed by atoms with Gasteiger partial charge in [-0.3, -0.25) is 9.59 Å². The lowest BCUT2D eigenvalue weighted by atomic mass is 10.2. The van der Waals surface area contributed by atoms with E-state index in [0.29, 0.717) is 35.6 Å². The Hall–Kier alpha value is -3.35. The number of hydrogen-bond acceptors (Lipinski definition) is 5. The number of amides is 2. The van der Waals surface area contributed by atoms with Crippen molar-refractivity contribution in [1.82, 2.24) is 5.43 Å². The van der Waals surface area contributed by atoms with Crippen LogP contribution >= 0.6 is 0 Å². The van der Waals surface area contributed by atoms with Gasteiger partial charge in [-0.1, -0.05) is 6.92 Å². The number of hydrogen-bond donors (Lipinski definition) is 3. The van der Waals surface area contributed by atoms with Crippen molar-refractivity contribution in [1.29, 1.82) is 0 Å². The molecule has 0 bridgehead atoms. The Morgan fingerprint density at radius 1 is 1.15 bits per heavy atom. The molecule has 2 aromatic carbocycles. The number of rotatable bonds is 7. The zero-order chi connectivity index (χ0) is 18.9. The van der Waals surface area contributed by atoms with Crippen LogP contribution in [0, 0.1) is 0 Å². The third-order valence-corrected chi connectivity index (χ3v) is 3.42. The number of phenolic OH excluding ortho intramolecular Hbond substituents is 1. The maximum absolute atomic E-state index is 12.1. The van der Waals surface area contributed by atoms with Gasteiger partial charge in [-0.15, -0.1) is 0 Å². The summed E-state index contributed by atoms with van der Waals surface area (Å²) in [5.74, 6) is -0.0682. The maximum Gasteiger partial charge on any atom is 0.271 e.